The summed E-state index contributed by atoms with van der Waals surface area (Å²) >= 11 is 6.02. The minimum atomic E-state index is -0.511. The number of hydrogen-bond acceptors (Lipinski definition) is 3. The number of carbonyl (C=O) groups is 2. The number of nitrogens with zero attached hydrogens (tertiary/aromatic N) is 1. The van der Waals surface area contributed by atoms with Crippen molar-refractivity contribution in [2.75, 3.05) is 18.4 Å². The van der Waals surface area contributed by atoms with Crippen molar-refractivity contribution < 1.29 is 9.59 Å². The van der Waals surface area contributed by atoms with Gasteiger partial charge in [-0.15, -0.1) is 0 Å². The van der Waals surface area contributed by atoms with Crippen LogP contribution in [0.2, 0.25) is 5.02 Å². The van der Waals surface area contributed by atoms with Crippen LogP contribution in [0.5, 0.6) is 0 Å². The van der Waals surface area contributed by atoms with Crippen LogP contribution in [0.3, 0.4) is 0 Å². The molecule has 1 atom stereocenters. The second-order valence-corrected chi connectivity index (χ2v) is 7.98. The number of likely N-dealkylation sites (tertiary alicyclic amines) is 1. The van der Waals surface area contributed by atoms with Crippen molar-refractivity contribution in [1.29, 1.82) is 0 Å². The van der Waals surface area contributed by atoms with E-state index in [1.807, 2.05) is 48.2 Å². The van der Waals surface area contributed by atoms with E-state index in [1.54, 1.807) is 12.1 Å². The molecule has 2 heterocycles. The summed E-state index contributed by atoms with van der Waals surface area (Å²) in [6.45, 7) is 3.27. The monoisotopic (exact) mass is 397 g/mol. The molecule has 1 saturated heterocycles. The third-order valence-corrected chi connectivity index (χ3v) is 6.03. The van der Waals surface area contributed by atoms with E-state index in [9.17, 15) is 9.59 Å². The first-order chi connectivity index (χ1) is 13.5. The highest BCUT2D eigenvalue weighted by molar-refractivity contribution is 6.31. The molecule has 1 unspecified atom stereocenters. The summed E-state index contributed by atoms with van der Waals surface area (Å²) in [5, 5.41) is 7.12. The Bertz CT molecular complexity index is 892. The van der Waals surface area contributed by atoms with Crippen molar-refractivity contribution in [2.45, 2.75) is 37.8 Å². The second-order valence-electron chi connectivity index (χ2n) is 7.55. The fourth-order valence-electron chi connectivity index (χ4n) is 4.20. The molecule has 0 bridgehead atoms. The van der Waals surface area contributed by atoms with Gasteiger partial charge >= 0.3 is 0 Å². The van der Waals surface area contributed by atoms with Crippen LogP contribution in [-0.4, -0.2) is 35.5 Å². The van der Waals surface area contributed by atoms with E-state index in [0.717, 1.165) is 17.7 Å². The summed E-state index contributed by atoms with van der Waals surface area (Å²) in [5.41, 5.74) is 1.91. The van der Waals surface area contributed by atoms with Gasteiger partial charge < -0.3 is 15.5 Å². The minimum absolute atomic E-state index is 0.118. The molecular weight excluding hydrogens is 374 g/mol. The van der Waals surface area contributed by atoms with Crippen molar-refractivity contribution in [1.82, 2.24) is 10.2 Å². The third-order valence-electron chi connectivity index (χ3n) is 5.79. The Kier molecular flexibility index (Phi) is 5.02. The van der Waals surface area contributed by atoms with Gasteiger partial charge in [0.05, 0.1) is 11.5 Å². The molecule has 6 heteroatoms. The molecule has 28 heavy (non-hydrogen) atoms. The van der Waals surface area contributed by atoms with Gasteiger partial charge in [0.2, 0.25) is 5.91 Å². The standard InChI is InChI=1S/C22H24ClN3O2/c1-2-17(15-6-4-3-5-7-15)21(28)26-12-10-22(11-13-26)24-19-9-8-16(23)14-18(19)20(27)25-22/h3-9,14,17,24H,2,10-13H2,1H3,(H,25,27). The predicted octanol–water partition coefficient (Wildman–Crippen LogP) is 4.01. The Morgan fingerprint density at radius 1 is 1.14 bits per heavy atom. The van der Waals surface area contributed by atoms with Crippen LogP contribution in [0.1, 0.15) is 48.0 Å². The van der Waals surface area contributed by atoms with Crippen LogP contribution >= 0.6 is 11.6 Å². The molecule has 146 valence electrons. The maximum absolute atomic E-state index is 13.1. The first-order valence-corrected chi connectivity index (χ1v) is 10.1. The molecule has 2 N–H and O–H groups in total. The van der Waals surface area contributed by atoms with Crippen molar-refractivity contribution in [2.24, 2.45) is 0 Å². The highest BCUT2D eigenvalue weighted by Gasteiger charge is 2.41. The largest absolute Gasteiger partial charge is 0.362 e. The van der Waals surface area contributed by atoms with Crippen molar-refractivity contribution in [3.05, 3.63) is 64.7 Å². The lowest BCUT2D eigenvalue weighted by molar-refractivity contribution is -0.134. The van der Waals surface area contributed by atoms with E-state index < -0.39 is 5.66 Å². The zero-order valence-corrected chi connectivity index (χ0v) is 16.6. The van der Waals surface area contributed by atoms with E-state index in [2.05, 4.69) is 10.6 Å². The van der Waals surface area contributed by atoms with Crippen LogP contribution in [0.4, 0.5) is 5.69 Å². The van der Waals surface area contributed by atoms with Crippen molar-refractivity contribution >= 4 is 29.1 Å². The SMILES string of the molecule is CCC(C(=O)N1CCC2(CC1)NC(=O)c1cc(Cl)ccc1N2)c1ccccc1. The van der Waals surface area contributed by atoms with Crippen LogP contribution in [0, 0.1) is 0 Å². The number of amides is 2. The topological polar surface area (TPSA) is 61.4 Å². The van der Waals surface area contributed by atoms with Crippen molar-refractivity contribution in [3.63, 3.8) is 0 Å². The highest BCUT2D eigenvalue weighted by Crippen LogP contribution is 2.33. The molecule has 2 aromatic carbocycles. The van der Waals surface area contributed by atoms with Crippen LogP contribution < -0.4 is 10.6 Å². The molecule has 0 radical (unpaired) electrons. The molecule has 0 saturated carbocycles. The van der Waals surface area contributed by atoms with Gasteiger partial charge in [-0.05, 0) is 30.2 Å². The van der Waals surface area contributed by atoms with Crippen LogP contribution in [0.25, 0.3) is 0 Å². The molecule has 4 rings (SSSR count). The van der Waals surface area contributed by atoms with Gasteiger partial charge in [0.25, 0.3) is 5.91 Å². The molecule has 1 fully saturated rings. The molecule has 2 aromatic rings. The van der Waals surface area contributed by atoms with Gasteiger partial charge in [-0.1, -0.05) is 48.9 Å². The number of halogens is 1. The van der Waals surface area contributed by atoms with Gasteiger partial charge in [-0.2, -0.15) is 0 Å². The lowest BCUT2D eigenvalue weighted by Crippen LogP contribution is -2.63. The van der Waals surface area contributed by atoms with E-state index in [4.69, 9.17) is 11.6 Å². The number of hydrogen-bond donors (Lipinski definition) is 2. The average Bonchev–Trinajstić information content (AvgIpc) is 2.70. The second kappa shape index (κ2) is 7.47. The van der Waals surface area contributed by atoms with Gasteiger partial charge in [0.15, 0.2) is 0 Å². The average molecular weight is 398 g/mol. The van der Waals surface area contributed by atoms with Crippen LogP contribution in [0.15, 0.2) is 48.5 Å². The summed E-state index contributed by atoms with van der Waals surface area (Å²) in [4.78, 5) is 27.6. The number of piperidine rings is 1. The van der Waals surface area contributed by atoms with Gasteiger partial charge in [-0.25, -0.2) is 0 Å². The van der Waals surface area contributed by atoms with E-state index in [0.29, 0.717) is 36.5 Å². The molecule has 0 aliphatic carbocycles. The smallest absolute Gasteiger partial charge is 0.255 e. The Labute approximate surface area is 170 Å². The predicted molar refractivity (Wildman–Crippen MR) is 111 cm³/mol. The lowest BCUT2D eigenvalue weighted by Gasteiger charge is -2.46. The molecular formula is C22H24ClN3O2. The Morgan fingerprint density at radius 2 is 1.86 bits per heavy atom. The maximum atomic E-state index is 13.1. The Balaban J connectivity index is 1.47. The lowest BCUT2D eigenvalue weighted by atomic mass is 9.90. The molecule has 2 aliphatic heterocycles. The number of nitrogens with one attached hydrogen (secondary N) is 2. The fraction of sp³-hybridized carbons (Fsp3) is 0.364. The zero-order valence-electron chi connectivity index (χ0n) is 15.9. The molecule has 2 amide bonds. The number of benzene rings is 2. The number of fused-ring (bicyclic) bond motifs is 1. The molecule has 5 nitrogen and oxygen atoms in total. The summed E-state index contributed by atoms with van der Waals surface area (Å²) < 4.78 is 0. The van der Waals surface area contributed by atoms with Crippen molar-refractivity contribution in [3.8, 4) is 0 Å². The van der Waals surface area contributed by atoms with E-state index in [1.165, 1.54) is 0 Å². The maximum Gasteiger partial charge on any atom is 0.255 e. The number of anilines is 1. The Hall–Kier alpha value is -2.53. The van der Waals surface area contributed by atoms with E-state index >= 15 is 0 Å². The minimum Gasteiger partial charge on any atom is -0.362 e. The van der Waals surface area contributed by atoms with Gasteiger partial charge in [-0.3, -0.25) is 9.59 Å². The normalized spacial score (nSPS) is 18.8. The first kappa shape index (κ1) is 18.8. The molecule has 1 spiro atoms. The van der Waals surface area contributed by atoms with Crippen LogP contribution in [-0.2, 0) is 4.79 Å². The number of carbonyl (C=O) groups excluding carboxylic acids is 2. The third kappa shape index (κ3) is 3.47. The number of rotatable bonds is 3. The van der Waals surface area contributed by atoms with E-state index in [-0.39, 0.29) is 17.7 Å². The first-order valence-electron chi connectivity index (χ1n) is 9.75. The molecule has 0 aromatic heterocycles. The van der Waals surface area contributed by atoms with Gasteiger partial charge in [0.1, 0.15) is 5.66 Å². The summed E-state index contributed by atoms with van der Waals surface area (Å²) in [5.74, 6) is -0.0726. The fourth-order valence-corrected chi connectivity index (χ4v) is 4.38. The highest BCUT2D eigenvalue weighted by atomic mass is 35.5. The Morgan fingerprint density at radius 3 is 2.54 bits per heavy atom. The summed E-state index contributed by atoms with van der Waals surface area (Å²) in [7, 11) is 0. The van der Waals surface area contributed by atoms with Gasteiger partial charge in [0, 0.05) is 36.6 Å². The zero-order chi connectivity index (χ0) is 19.7. The summed E-state index contributed by atoms with van der Waals surface area (Å²) in [6, 6.07) is 15.3. The summed E-state index contributed by atoms with van der Waals surface area (Å²) in [6.07, 6.45) is 2.10. The quantitative estimate of drug-likeness (QED) is 0.822. The molecule has 2 aliphatic rings.